The molecule has 204 valence electrons. The summed E-state index contributed by atoms with van der Waals surface area (Å²) in [5.41, 5.74) is 3.30. The highest BCUT2D eigenvalue weighted by Gasteiger charge is 2.73. The number of benzene rings is 2. The minimum atomic E-state index is -3.06. The average molecular weight is 539 g/mol. The van der Waals surface area contributed by atoms with Gasteiger partial charge in [0.1, 0.15) is 11.6 Å². The van der Waals surface area contributed by atoms with Crippen LogP contribution in [0.25, 0.3) is 11.1 Å². The predicted molar refractivity (Wildman–Crippen MR) is 133 cm³/mol. The van der Waals surface area contributed by atoms with Crippen molar-refractivity contribution in [3.63, 3.8) is 0 Å². The van der Waals surface area contributed by atoms with Gasteiger partial charge in [-0.3, -0.25) is 28.9 Å². The molecule has 0 saturated heterocycles. The summed E-state index contributed by atoms with van der Waals surface area (Å²) in [6.45, 7) is 1.62. The summed E-state index contributed by atoms with van der Waals surface area (Å²) in [4.78, 5) is 67.9. The molecule has 2 aromatic carbocycles. The van der Waals surface area contributed by atoms with Gasteiger partial charge in [0.05, 0.1) is 29.5 Å². The molecule has 11 heteroatoms. The van der Waals surface area contributed by atoms with Crippen LogP contribution in [0.4, 0.5) is 4.39 Å². The van der Waals surface area contributed by atoms with Gasteiger partial charge in [-0.05, 0) is 54.9 Å². The minimum Gasteiger partial charge on any atom is -0.507 e. The summed E-state index contributed by atoms with van der Waals surface area (Å²) in [5.74, 6) is -14.5. The number of aliphatic hydroxyl groups excluding tert-OH is 1. The predicted octanol–water partition coefficient (Wildman–Crippen LogP) is 0.205. The first-order chi connectivity index (χ1) is 18.2. The maximum atomic E-state index is 14.0. The summed E-state index contributed by atoms with van der Waals surface area (Å²) in [7, 11) is 2.85. The van der Waals surface area contributed by atoms with E-state index < -0.39 is 87.9 Å². The Hall–Kier alpha value is -3.80. The third-order valence-electron chi connectivity index (χ3n) is 8.62. The molecule has 8 unspecified atom stereocenters. The molecular weight excluding hydrogens is 511 g/mol. The van der Waals surface area contributed by atoms with Gasteiger partial charge in [-0.15, -0.1) is 0 Å². The molecule has 0 radical (unpaired) electrons. The van der Waals surface area contributed by atoms with E-state index >= 15 is 0 Å². The number of phenolic OH excluding ortho intramolecular Hbond substituents is 1. The fourth-order valence-corrected chi connectivity index (χ4v) is 6.95. The van der Waals surface area contributed by atoms with Crippen LogP contribution in [0.1, 0.15) is 28.8 Å². The zero-order valence-corrected chi connectivity index (χ0v) is 21.3. The molecule has 5 N–H and O–H groups in total. The molecule has 0 bridgehead atoms. The number of hydrogen-bond donors (Lipinski definition) is 4. The number of rotatable bonds is 3. The summed E-state index contributed by atoms with van der Waals surface area (Å²) >= 11 is 0. The van der Waals surface area contributed by atoms with Crippen molar-refractivity contribution in [3.8, 4) is 16.9 Å². The number of aromatic hydroxyl groups is 1. The van der Waals surface area contributed by atoms with Crippen molar-refractivity contribution in [2.24, 2.45) is 29.4 Å². The number of primary amides is 1. The van der Waals surface area contributed by atoms with Gasteiger partial charge >= 0.3 is 0 Å². The van der Waals surface area contributed by atoms with Gasteiger partial charge in [0.2, 0.25) is 5.91 Å². The highest BCUT2D eigenvalue weighted by atomic mass is 19.1. The topological polar surface area (TPSA) is 175 Å². The van der Waals surface area contributed by atoms with Crippen molar-refractivity contribution in [2.45, 2.75) is 30.6 Å². The van der Waals surface area contributed by atoms with Crippen molar-refractivity contribution < 1.29 is 43.7 Å². The summed E-state index contributed by atoms with van der Waals surface area (Å²) < 4.78 is 13.6. The van der Waals surface area contributed by atoms with E-state index in [2.05, 4.69) is 0 Å². The smallest absolute Gasteiger partial charge is 0.235 e. The molecule has 3 aliphatic rings. The molecule has 2 fully saturated rings. The summed E-state index contributed by atoms with van der Waals surface area (Å²) in [5, 5.41) is 34.1. The van der Waals surface area contributed by atoms with Crippen LogP contribution >= 0.6 is 0 Å². The summed E-state index contributed by atoms with van der Waals surface area (Å²) in [6.07, 6.45) is -1.73. The van der Waals surface area contributed by atoms with E-state index in [1.165, 1.54) is 55.4 Å². The van der Waals surface area contributed by atoms with Crippen molar-refractivity contribution in [1.29, 1.82) is 0 Å². The molecule has 0 aromatic heterocycles. The number of halogens is 1. The largest absolute Gasteiger partial charge is 0.507 e. The standard InChI is InChI=1S/C28H27FN2O8/c1-10-15-13(11-4-6-12(29)7-5-11)8-9-14(32)17(15)22(33)18-16(10)23(34)20-21(31(2)3)24(35)19(27(30)38)26(37)28(20,39)25(18)36/h4-10,16,18-21,23,32,34,39H,1-3H3,(H2,30,38). The van der Waals surface area contributed by atoms with Crippen LogP contribution in [0.15, 0.2) is 36.4 Å². The second-order valence-electron chi connectivity index (χ2n) is 10.8. The number of phenols is 1. The van der Waals surface area contributed by atoms with Crippen molar-refractivity contribution >= 4 is 29.0 Å². The van der Waals surface area contributed by atoms with Crippen LogP contribution in [0, 0.1) is 29.5 Å². The molecule has 10 nitrogen and oxygen atoms in total. The number of fused-ring (bicyclic) bond motifs is 3. The number of amides is 1. The van der Waals surface area contributed by atoms with E-state index in [9.17, 15) is 43.7 Å². The first-order valence-corrected chi connectivity index (χ1v) is 12.4. The number of hydrogen-bond acceptors (Lipinski definition) is 9. The Morgan fingerprint density at radius 2 is 1.64 bits per heavy atom. The number of likely N-dealkylation sites (N-methyl/N-ethyl adjacent to an activating group) is 1. The SMILES string of the molecule is CC1c2c(-c3ccc(F)cc3)ccc(O)c2C(=O)C2C(=O)C3(O)C(=O)C(C(N)=O)C(=O)C(N(C)C)C3C(O)C21. The van der Waals surface area contributed by atoms with Gasteiger partial charge in [-0.25, -0.2) is 4.39 Å². The third-order valence-corrected chi connectivity index (χ3v) is 8.62. The number of aliphatic hydroxyl groups is 2. The molecule has 0 aliphatic heterocycles. The monoisotopic (exact) mass is 538 g/mol. The molecule has 8 atom stereocenters. The number of carbonyl (C=O) groups excluding carboxylic acids is 5. The molecule has 1 amide bonds. The molecule has 3 aliphatic carbocycles. The number of ketones is 4. The lowest BCUT2D eigenvalue weighted by molar-refractivity contribution is -0.196. The second-order valence-corrected chi connectivity index (χ2v) is 10.8. The van der Waals surface area contributed by atoms with Gasteiger partial charge < -0.3 is 21.1 Å². The van der Waals surface area contributed by atoms with Crippen LogP contribution in [-0.2, 0) is 19.2 Å². The van der Waals surface area contributed by atoms with Gasteiger partial charge in [-0.1, -0.05) is 25.1 Å². The number of nitrogens with zero attached hydrogens (tertiary/aromatic N) is 1. The van der Waals surface area contributed by atoms with Crippen molar-refractivity contribution in [3.05, 3.63) is 53.3 Å². The molecule has 5 rings (SSSR count). The summed E-state index contributed by atoms with van der Waals surface area (Å²) in [6, 6.07) is 6.75. The van der Waals surface area contributed by atoms with E-state index in [4.69, 9.17) is 5.73 Å². The van der Waals surface area contributed by atoms with Crippen LogP contribution in [0.2, 0.25) is 0 Å². The Labute approximate surface area is 222 Å². The Kier molecular flexibility index (Phi) is 6.09. The lowest BCUT2D eigenvalue weighted by atomic mass is 9.49. The Morgan fingerprint density at radius 1 is 1.03 bits per heavy atom. The van der Waals surface area contributed by atoms with E-state index in [0.29, 0.717) is 16.7 Å². The Balaban J connectivity index is 1.74. The highest BCUT2D eigenvalue weighted by molar-refractivity contribution is 6.32. The fourth-order valence-electron chi connectivity index (χ4n) is 6.95. The van der Waals surface area contributed by atoms with E-state index in [-0.39, 0.29) is 5.56 Å². The van der Waals surface area contributed by atoms with Gasteiger partial charge in [0.15, 0.2) is 34.7 Å². The molecule has 39 heavy (non-hydrogen) atoms. The van der Waals surface area contributed by atoms with Crippen LogP contribution in [-0.4, -0.2) is 81.1 Å². The van der Waals surface area contributed by atoms with Crippen molar-refractivity contribution in [1.82, 2.24) is 4.90 Å². The lowest BCUT2D eigenvalue weighted by Crippen LogP contribution is -2.77. The molecular formula is C28H27FN2O8. The fraction of sp³-hybridized carbons (Fsp3) is 0.393. The van der Waals surface area contributed by atoms with E-state index in [0.717, 1.165) is 0 Å². The number of Topliss-reactive ketones (excluding diaryl/α,β-unsaturated/α-hetero) is 4. The zero-order chi connectivity index (χ0) is 28.7. The average Bonchev–Trinajstić information content (AvgIpc) is 2.86. The van der Waals surface area contributed by atoms with Gasteiger partial charge in [-0.2, -0.15) is 0 Å². The zero-order valence-electron chi connectivity index (χ0n) is 21.3. The quantitative estimate of drug-likeness (QED) is 0.398. The third kappa shape index (κ3) is 3.46. The number of carbonyl (C=O) groups is 5. The lowest BCUT2D eigenvalue weighted by Gasteiger charge is -2.56. The van der Waals surface area contributed by atoms with E-state index in [1.54, 1.807) is 6.92 Å². The van der Waals surface area contributed by atoms with Gasteiger partial charge in [0.25, 0.3) is 0 Å². The van der Waals surface area contributed by atoms with Crippen LogP contribution in [0.3, 0.4) is 0 Å². The maximum Gasteiger partial charge on any atom is 0.235 e. The molecule has 2 saturated carbocycles. The minimum absolute atomic E-state index is 0.219. The Bertz CT molecular complexity index is 1450. The van der Waals surface area contributed by atoms with Crippen LogP contribution in [0.5, 0.6) is 5.75 Å². The molecule has 2 aromatic rings. The van der Waals surface area contributed by atoms with Crippen LogP contribution < -0.4 is 5.73 Å². The first kappa shape index (κ1) is 26.8. The normalized spacial score (nSPS) is 34.0. The van der Waals surface area contributed by atoms with E-state index in [1.807, 2.05) is 0 Å². The van der Waals surface area contributed by atoms with Gasteiger partial charge in [0, 0.05) is 5.92 Å². The maximum absolute atomic E-state index is 14.0. The van der Waals surface area contributed by atoms with Crippen molar-refractivity contribution in [2.75, 3.05) is 14.1 Å². The molecule has 0 heterocycles. The highest BCUT2D eigenvalue weighted by Crippen LogP contribution is 2.55. The Morgan fingerprint density at radius 3 is 2.21 bits per heavy atom. The number of nitrogens with two attached hydrogens (primary N) is 1. The molecule has 0 spiro atoms. The first-order valence-electron chi connectivity index (χ1n) is 12.4. The second kappa shape index (κ2) is 8.87.